The summed E-state index contributed by atoms with van der Waals surface area (Å²) in [6, 6.07) is 21.1. The van der Waals surface area contributed by atoms with E-state index >= 15 is 0 Å². The van der Waals surface area contributed by atoms with Crippen LogP contribution in [0.25, 0.3) is 0 Å². The Morgan fingerprint density at radius 1 is 0.854 bits per heavy atom. The second-order valence-electron chi connectivity index (χ2n) is 11.7. The van der Waals surface area contributed by atoms with Crippen LogP contribution in [-0.4, -0.2) is 49.8 Å². The van der Waals surface area contributed by atoms with Crippen LogP contribution in [0.2, 0.25) is 0 Å². The molecule has 1 N–H and O–H groups in total. The molecule has 0 bridgehead atoms. The van der Waals surface area contributed by atoms with Gasteiger partial charge in [-0.15, -0.1) is 0 Å². The predicted octanol–water partition coefficient (Wildman–Crippen LogP) is 5.57. The number of carbonyl (C=O) groups excluding carboxylic acids is 2. The molecule has 41 heavy (non-hydrogen) atoms. The first-order valence-corrected chi connectivity index (χ1v) is 15.5. The van der Waals surface area contributed by atoms with Crippen LogP contribution in [0, 0.1) is 20.8 Å². The molecule has 0 aromatic heterocycles. The van der Waals surface area contributed by atoms with E-state index in [2.05, 4.69) is 5.32 Å². The van der Waals surface area contributed by atoms with Crippen LogP contribution in [0.1, 0.15) is 56.4 Å². The maximum absolute atomic E-state index is 14.2. The predicted molar refractivity (Wildman–Crippen MR) is 165 cm³/mol. The number of aryl methyl sites for hydroxylation is 3. The van der Waals surface area contributed by atoms with Gasteiger partial charge in [0.2, 0.25) is 11.8 Å². The van der Waals surface area contributed by atoms with Crippen molar-refractivity contribution in [2.24, 2.45) is 0 Å². The summed E-state index contributed by atoms with van der Waals surface area (Å²) in [4.78, 5) is 29.2. The summed E-state index contributed by atoms with van der Waals surface area (Å²) in [5, 5.41) is 3.00. The Bertz CT molecular complexity index is 1430. The van der Waals surface area contributed by atoms with Crippen molar-refractivity contribution in [2.45, 2.75) is 77.8 Å². The monoisotopic (exact) mass is 577 g/mol. The first-order chi connectivity index (χ1) is 19.2. The number of rotatable bonds is 11. The first kappa shape index (κ1) is 31.9. The Kier molecular flexibility index (Phi) is 10.4. The molecular weight excluding hydrogens is 534 g/mol. The highest BCUT2D eigenvalue weighted by molar-refractivity contribution is 7.92. The fourth-order valence-corrected chi connectivity index (χ4v) is 6.21. The summed E-state index contributed by atoms with van der Waals surface area (Å²) < 4.78 is 29.3. The third kappa shape index (κ3) is 8.67. The molecule has 2 amide bonds. The van der Waals surface area contributed by atoms with Crippen molar-refractivity contribution in [3.05, 3.63) is 95.1 Å². The molecule has 3 aromatic carbocycles. The fraction of sp³-hybridized carbons (Fsp3) is 0.394. The summed E-state index contributed by atoms with van der Waals surface area (Å²) in [5.41, 5.74) is 3.64. The van der Waals surface area contributed by atoms with Gasteiger partial charge in [0.1, 0.15) is 12.6 Å². The number of amides is 2. The number of hydrogen-bond donors (Lipinski definition) is 1. The third-order valence-electron chi connectivity index (χ3n) is 6.75. The Hall–Kier alpha value is -3.65. The largest absolute Gasteiger partial charge is 0.350 e. The van der Waals surface area contributed by atoms with E-state index in [1.807, 2.05) is 84.9 Å². The average molecular weight is 578 g/mol. The molecule has 0 heterocycles. The Morgan fingerprint density at radius 2 is 1.44 bits per heavy atom. The van der Waals surface area contributed by atoms with Gasteiger partial charge in [-0.05, 0) is 95.3 Å². The van der Waals surface area contributed by atoms with E-state index in [0.29, 0.717) is 18.5 Å². The molecule has 0 fully saturated rings. The molecule has 1 atom stereocenters. The Labute approximate surface area is 245 Å². The highest BCUT2D eigenvalue weighted by atomic mass is 32.2. The molecule has 0 aliphatic rings. The number of anilines is 1. The van der Waals surface area contributed by atoms with Crippen molar-refractivity contribution in [3.8, 4) is 0 Å². The van der Waals surface area contributed by atoms with E-state index in [9.17, 15) is 18.0 Å². The number of sulfonamides is 1. The summed E-state index contributed by atoms with van der Waals surface area (Å²) in [6.45, 7) is 13.0. The molecule has 220 valence electrons. The smallest absolute Gasteiger partial charge is 0.264 e. The molecule has 0 saturated carbocycles. The molecule has 0 spiro atoms. The van der Waals surface area contributed by atoms with Crippen LogP contribution in [0.5, 0.6) is 0 Å². The Morgan fingerprint density at radius 3 is 1.98 bits per heavy atom. The zero-order valence-electron chi connectivity index (χ0n) is 25.3. The number of nitrogens with zero attached hydrogens (tertiary/aromatic N) is 2. The standard InChI is InChI=1S/C33H43N3O4S/c1-8-30(32(38)34-33(5,6)7)35(19-18-27-12-10-9-11-13-27)31(37)23-36(28-21-25(3)20-26(4)22-28)41(39,40)29-16-14-24(2)15-17-29/h9-17,20-22,30H,8,18-19,23H2,1-7H3,(H,34,38)/t30-/m1/s1. The molecule has 3 aromatic rings. The maximum atomic E-state index is 14.2. The normalized spacial score (nSPS) is 12.5. The zero-order valence-corrected chi connectivity index (χ0v) is 26.1. The van der Waals surface area contributed by atoms with Gasteiger partial charge in [-0.2, -0.15) is 0 Å². The molecule has 0 aliphatic carbocycles. The molecule has 0 aliphatic heterocycles. The molecule has 0 unspecified atom stereocenters. The second-order valence-corrected chi connectivity index (χ2v) is 13.5. The van der Waals surface area contributed by atoms with Crippen LogP contribution in [0.3, 0.4) is 0 Å². The second kappa shape index (κ2) is 13.3. The average Bonchev–Trinajstić information content (AvgIpc) is 2.88. The quantitative estimate of drug-likeness (QED) is 0.323. The van der Waals surface area contributed by atoms with Gasteiger partial charge in [0.25, 0.3) is 10.0 Å². The van der Waals surface area contributed by atoms with E-state index in [1.165, 1.54) is 9.21 Å². The van der Waals surface area contributed by atoms with Crippen molar-refractivity contribution >= 4 is 27.5 Å². The zero-order chi connectivity index (χ0) is 30.4. The molecule has 8 heteroatoms. The molecule has 0 radical (unpaired) electrons. The summed E-state index contributed by atoms with van der Waals surface area (Å²) in [6.07, 6.45) is 0.914. The highest BCUT2D eigenvalue weighted by Gasteiger charge is 2.34. The van der Waals surface area contributed by atoms with Crippen molar-refractivity contribution in [3.63, 3.8) is 0 Å². The number of benzene rings is 3. The number of carbonyl (C=O) groups is 2. The summed E-state index contributed by atoms with van der Waals surface area (Å²) in [7, 11) is -4.10. The van der Waals surface area contributed by atoms with Gasteiger partial charge in [-0.3, -0.25) is 13.9 Å². The lowest BCUT2D eigenvalue weighted by atomic mass is 10.1. The highest BCUT2D eigenvalue weighted by Crippen LogP contribution is 2.27. The van der Waals surface area contributed by atoms with Crippen LogP contribution in [0.15, 0.2) is 77.7 Å². The van der Waals surface area contributed by atoms with Crippen molar-refractivity contribution < 1.29 is 18.0 Å². The van der Waals surface area contributed by atoms with E-state index in [1.54, 1.807) is 36.4 Å². The molecule has 7 nitrogen and oxygen atoms in total. The van der Waals surface area contributed by atoms with Crippen molar-refractivity contribution in [2.75, 3.05) is 17.4 Å². The minimum absolute atomic E-state index is 0.100. The lowest BCUT2D eigenvalue weighted by Gasteiger charge is -2.35. The van der Waals surface area contributed by atoms with E-state index in [0.717, 1.165) is 22.3 Å². The van der Waals surface area contributed by atoms with Gasteiger partial charge in [-0.1, -0.05) is 61.0 Å². The molecule has 0 saturated heterocycles. The van der Waals surface area contributed by atoms with E-state index in [-0.39, 0.29) is 17.3 Å². The van der Waals surface area contributed by atoms with Crippen molar-refractivity contribution in [1.82, 2.24) is 10.2 Å². The third-order valence-corrected chi connectivity index (χ3v) is 8.54. The van der Waals surface area contributed by atoms with Gasteiger partial charge < -0.3 is 10.2 Å². The van der Waals surface area contributed by atoms with Crippen molar-refractivity contribution in [1.29, 1.82) is 0 Å². The number of hydrogen-bond acceptors (Lipinski definition) is 4. The van der Waals surface area contributed by atoms with E-state index in [4.69, 9.17) is 0 Å². The van der Waals surface area contributed by atoms with Gasteiger partial charge in [0, 0.05) is 12.1 Å². The van der Waals surface area contributed by atoms with Crippen LogP contribution < -0.4 is 9.62 Å². The van der Waals surface area contributed by atoms with Crippen LogP contribution in [0.4, 0.5) is 5.69 Å². The lowest BCUT2D eigenvalue weighted by molar-refractivity contribution is -0.140. The van der Waals surface area contributed by atoms with E-state index < -0.39 is 34.1 Å². The first-order valence-electron chi connectivity index (χ1n) is 14.0. The van der Waals surface area contributed by atoms with Gasteiger partial charge in [-0.25, -0.2) is 8.42 Å². The molecular formula is C33H43N3O4S. The topological polar surface area (TPSA) is 86.8 Å². The van der Waals surface area contributed by atoms with Gasteiger partial charge in [0.05, 0.1) is 10.6 Å². The summed E-state index contributed by atoms with van der Waals surface area (Å²) >= 11 is 0. The summed E-state index contributed by atoms with van der Waals surface area (Å²) in [5.74, 6) is -0.701. The SMILES string of the molecule is CC[C@H](C(=O)NC(C)(C)C)N(CCc1ccccc1)C(=O)CN(c1cc(C)cc(C)c1)S(=O)(=O)c1ccc(C)cc1. The van der Waals surface area contributed by atoms with Crippen LogP contribution in [-0.2, 0) is 26.0 Å². The maximum Gasteiger partial charge on any atom is 0.264 e. The minimum atomic E-state index is -4.10. The van der Waals surface area contributed by atoms with Crippen LogP contribution >= 0.6 is 0 Å². The molecule has 3 rings (SSSR count). The fourth-order valence-electron chi connectivity index (χ4n) is 4.81. The minimum Gasteiger partial charge on any atom is -0.350 e. The van der Waals surface area contributed by atoms with Gasteiger partial charge in [0.15, 0.2) is 0 Å². The number of nitrogens with one attached hydrogen (secondary N) is 1. The Balaban J connectivity index is 2.05. The van der Waals surface area contributed by atoms with Gasteiger partial charge >= 0.3 is 0 Å². The lowest BCUT2D eigenvalue weighted by Crippen LogP contribution is -2.56.